The van der Waals surface area contributed by atoms with E-state index in [1.165, 1.54) is 12.1 Å². The largest absolute Gasteiger partial charge is 0.494 e. The van der Waals surface area contributed by atoms with Crippen molar-refractivity contribution in [2.45, 2.75) is 24.8 Å². The van der Waals surface area contributed by atoms with Gasteiger partial charge >= 0.3 is 0 Å². The van der Waals surface area contributed by atoms with Crippen molar-refractivity contribution < 1.29 is 13.2 Å². The highest BCUT2D eigenvalue weighted by molar-refractivity contribution is 14.0. The maximum Gasteiger partial charge on any atom is 0.238 e. The average molecular weight is 518 g/mol. The van der Waals surface area contributed by atoms with Crippen LogP contribution in [-0.2, 0) is 23.0 Å². The van der Waals surface area contributed by atoms with Crippen LogP contribution in [0.4, 0.5) is 0 Å². The van der Waals surface area contributed by atoms with Gasteiger partial charge in [0.25, 0.3) is 0 Å². The van der Waals surface area contributed by atoms with E-state index in [4.69, 9.17) is 9.88 Å². The predicted octanol–water partition coefficient (Wildman–Crippen LogP) is 2.26. The number of hydrogen-bond donors (Lipinski definition) is 3. The number of nitrogens with zero attached hydrogens (tertiary/aromatic N) is 1. The topological polar surface area (TPSA) is 106 Å². The molecule has 0 saturated carbocycles. The van der Waals surface area contributed by atoms with Crippen LogP contribution in [0.25, 0.3) is 0 Å². The molecular weight excluding hydrogens is 491 g/mol. The lowest BCUT2D eigenvalue weighted by molar-refractivity contribution is 0.336. The summed E-state index contributed by atoms with van der Waals surface area (Å²) < 4.78 is 28.2. The van der Waals surface area contributed by atoms with Crippen LogP contribution in [0, 0.1) is 0 Å². The number of halogens is 1. The van der Waals surface area contributed by atoms with Gasteiger partial charge in [-0.05, 0) is 37.1 Å². The lowest BCUT2D eigenvalue weighted by Gasteiger charge is -2.14. The molecule has 2 rings (SSSR count). The number of benzene rings is 2. The summed E-state index contributed by atoms with van der Waals surface area (Å²) in [6.45, 7) is 3.83. The second-order valence-electron chi connectivity index (χ2n) is 5.83. The normalized spacial score (nSPS) is 11.5. The second kappa shape index (κ2) is 11.9. The molecule has 154 valence electrons. The maximum atomic E-state index is 11.3. The Hall–Kier alpha value is -1.85. The third kappa shape index (κ3) is 7.64. The first kappa shape index (κ1) is 24.2. The molecular formula is C19H27IN4O3S. The van der Waals surface area contributed by atoms with Gasteiger partial charge in [0.15, 0.2) is 5.96 Å². The number of guanidine groups is 1. The fourth-order valence-corrected chi connectivity index (χ4v) is 3.03. The summed E-state index contributed by atoms with van der Waals surface area (Å²) in [5.74, 6) is 1.54. The molecule has 0 fully saturated rings. The molecule has 0 heterocycles. The van der Waals surface area contributed by atoms with E-state index < -0.39 is 10.0 Å². The van der Waals surface area contributed by atoms with Gasteiger partial charge in [-0.1, -0.05) is 30.3 Å². The highest BCUT2D eigenvalue weighted by Crippen LogP contribution is 2.17. The summed E-state index contributed by atoms with van der Waals surface area (Å²) in [5.41, 5.74) is 2.06. The zero-order valence-electron chi connectivity index (χ0n) is 16.0. The number of nitrogens with one attached hydrogen (secondary N) is 2. The molecule has 0 aliphatic rings. The standard InChI is InChI=1S/C19H26N4O3S.HI/c1-3-26-18-7-5-4-6-16(18)14-23-19(21-2)22-13-12-15-8-10-17(11-9-15)27(20,24)25;/h4-11H,3,12-14H2,1-2H3,(H2,20,24,25)(H2,21,22,23);1H. The van der Waals surface area contributed by atoms with Gasteiger partial charge in [-0.25, -0.2) is 13.6 Å². The zero-order valence-corrected chi connectivity index (χ0v) is 19.2. The van der Waals surface area contributed by atoms with E-state index in [-0.39, 0.29) is 28.9 Å². The molecule has 0 unspecified atom stereocenters. The van der Waals surface area contributed by atoms with Crippen LogP contribution >= 0.6 is 24.0 Å². The monoisotopic (exact) mass is 518 g/mol. The summed E-state index contributed by atoms with van der Waals surface area (Å²) >= 11 is 0. The average Bonchev–Trinajstić information content (AvgIpc) is 2.65. The minimum atomic E-state index is -3.65. The van der Waals surface area contributed by atoms with Crippen molar-refractivity contribution >= 4 is 40.0 Å². The minimum Gasteiger partial charge on any atom is -0.494 e. The highest BCUT2D eigenvalue weighted by Gasteiger charge is 2.07. The van der Waals surface area contributed by atoms with Crippen LogP contribution in [0.3, 0.4) is 0 Å². The molecule has 7 nitrogen and oxygen atoms in total. The summed E-state index contributed by atoms with van der Waals surface area (Å²) in [4.78, 5) is 4.33. The molecule has 2 aromatic carbocycles. The van der Waals surface area contributed by atoms with Gasteiger partial charge in [-0.15, -0.1) is 24.0 Å². The van der Waals surface area contributed by atoms with E-state index >= 15 is 0 Å². The Morgan fingerprint density at radius 1 is 1.11 bits per heavy atom. The molecule has 4 N–H and O–H groups in total. The molecule has 0 amide bonds. The van der Waals surface area contributed by atoms with Crippen LogP contribution in [-0.4, -0.2) is 34.6 Å². The van der Waals surface area contributed by atoms with Gasteiger partial charge in [0.2, 0.25) is 10.0 Å². The second-order valence-corrected chi connectivity index (χ2v) is 7.39. The smallest absolute Gasteiger partial charge is 0.238 e. The van der Waals surface area contributed by atoms with Crippen LogP contribution in [0.5, 0.6) is 5.75 Å². The lowest BCUT2D eigenvalue weighted by atomic mass is 10.1. The van der Waals surface area contributed by atoms with Crippen molar-refractivity contribution in [1.82, 2.24) is 10.6 Å². The number of sulfonamides is 1. The molecule has 0 atom stereocenters. The maximum absolute atomic E-state index is 11.3. The van der Waals surface area contributed by atoms with Crippen LogP contribution in [0.2, 0.25) is 0 Å². The molecule has 0 saturated heterocycles. The summed E-state index contributed by atoms with van der Waals surface area (Å²) in [5, 5.41) is 11.6. The Kier molecular flexibility index (Phi) is 10.3. The molecule has 0 radical (unpaired) electrons. The number of primary sulfonamides is 1. The molecule has 0 aliphatic carbocycles. The van der Waals surface area contributed by atoms with Gasteiger partial charge in [0.05, 0.1) is 11.5 Å². The van der Waals surface area contributed by atoms with E-state index in [0.717, 1.165) is 23.3 Å². The van der Waals surface area contributed by atoms with Gasteiger partial charge in [-0.3, -0.25) is 4.99 Å². The Morgan fingerprint density at radius 2 is 1.79 bits per heavy atom. The summed E-state index contributed by atoms with van der Waals surface area (Å²) in [6, 6.07) is 14.4. The quantitative estimate of drug-likeness (QED) is 0.283. The Bertz CT molecular complexity index is 871. The van der Waals surface area contributed by atoms with Gasteiger partial charge in [0.1, 0.15) is 5.75 Å². The third-order valence-corrected chi connectivity index (χ3v) is 4.83. The van der Waals surface area contributed by atoms with E-state index in [1.54, 1.807) is 19.2 Å². The predicted molar refractivity (Wildman–Crippen MR) is 123 cm³/mol. The van der Waals surface area contributed by atoms with Gasteiger partial charge in [-0.2, -0.15) is 0 Å². The first-order valence-electron chi connectivity index (χ1n) is 8.71. The van der Waals surface area contributed by atoms with E-state index in [0.29, 0.717) is 25.7 Å². The molecule has 9 heteroatoms. The van der Waals surface area contributed by atoms with E-state index in [9.17, 15) is 8.42 Å². The van der Waals surface area contributed by atoms with Crippen LogP contribution < -0.4 is 20.5 Å². The summed E-state index contributed by atoms with van der Waals surface area (Å²) in [6.07, 6.45) is 0.723. The highest BCUT2D eigenvalue weighted by atomic mass is 127. The van der Waals surface area contributed by atoms with Crippen molar-refractivity contribution in [2.75, 3.05) is 20.2 Å². The first-order valence-corrected chi connectivity index (χ1v) is 10.3. The number of para-hydroxylation sites is 1. The zero-order chi connectivity index (χ0) is 19.7. The fourth-order valence-electron chi connectivity index (χ4n) is 2.52. The van der Waals surface area contributed by atoms with Crippen LogP contribution in [0.1, 0.15) is 18.1 Å². The molecule has 28 heavy (non-hydrogen) atoms. The van der Waals surface area contributed by atoms with Crippen molar-refractivity contribution in [2.24, 2.45) is 10.1 Å². The number of hydrogen-bond acceptors (Lipinski definition) is 4. The van der Waals surface area contributed by atoms with Gasteiger partial charge in [0, 0.05) is 25.7 Å². The molecule has 0 aromatic heterocycles. The number of nitrogens with two attached hydrogens (primary N) is 1. The molecule has 0 spiro atoms. The SMILES string of the molecule is CCOc1ccccc1CNC(=NC)NCCc1ccc(S(N)(=O)=O)cc1.I. The van der Waals surface area contributed by atoms with Crippen molar-refractivity contribution in [1.29, 1.82) is 0 Å². The number of aliphatic imine (C=N–C) groups is 1. The van der Waals surface area contributed by atoms with E-state index in [2.05, 4.69) is 15.6 Å². The minimum absolute atomic E-state index is 0. The molecule has 0 aliphatic heterocycles. The molecule has 0 bridgehead atoms. The third-order valence-electron chi connectivity index (χ3n) is 3.90. The Balaban J connectivity index is 0.00000392. The lowest BCUT2D eigenvalue weighted by Crippen LogP contribution is -2.37. The Morgan fingerprint density at radius 3 is 2.39 bits per heavy atom. The number of rotatable bonds is 8. The Labute approximate surface area is 183 Å². The van der Waals surface area contributed by atoms with Crippen molar-refractivity contribution in [3.63, 3.8) is 0 Å². The van der Waals surface area contributed by atoms with E-state index in [1.807, 2.05) is 31.2 Å². The number of ether oxygens (including phenoxy) is 1. The molecule has 2 aromatic rings. The fraction of sp³-hybridized carbons (Fsp3) is 0.316. The first-order chi connectivity index (χ1) is 12.9. The van der Waals surface area contributed by atoms with Crippen molar-refractivity contribution in [3.05, 3.63) is 59.7 Å². The van der Waals surface area contributed by atoms with Crippen molar-refractivity contribution in [3.8, 4) is 5.75 Å². The van der Waals surface area contributed by atoms with Crippen LogP contribution in [0.15, 0.2) is 58.4 Å². The summed E-state index contributed by atoms with van der Waals surface area (Å²) in [7, 11) is -1.94. The van der Waals surface area contributed by atoms with Gasteiger partial charge < -0.3 is 15.4 Å².